The topological polar surface area (TPSA) is 75.4 Å². The molecule has 5 heteroatoms. The molecule has 0 atom stereocenters. The Morgan fingerprint density at radius 1 is 1.53 bits per heavy atom. The second kappa shape index (κ2) is 4.02. The molecule has 1 rings (SSSR count). The summed E-state index contributed by atoms with van der Waals surface area (Å²) in [7, 11) is 0. The summed E-state index contributed by atoms with van der Waals surface area (Å²) in [6.45, 7) is 6.79. The fourth-order valence-electron chi connectivity index (χ4n) is 1.14. The van der Waals surface area contributed by atoms with Crippen molar-refractivity contribution >= 4 is 5.91 Å². The van der Waals surface area contributed by atoms with Gasteiger partial charge in [-0.2, -0.15) is 0 Å². The third-order valence-electron chi connectivity index (χ3n) is 2.16. The maximum atomic E-state index is 11.4. The van der Waals surface area contributed by atoms with Crippen LogP contribution in [0.15, 0.2) is 4.52 Å². The van der Waals surface area contributed by atoms with E-state index in [0.717, 1.165) is 11.3 Å². The van der Waals surface area contributed by atoms with Crippen LogP contribution in [0.1, 0.15) is 30.9 Å². The van der Waals surface area contributed by atoms with Crippen LogP contribution in [0.5, 0.6) is 0 Å². The van der Waals surface area contributed by atoms with E-state index in [-0.39, 0.29) is 0 Å². The lowest BCUT2D eigenvalue weighted by Gasteiger charge is -2.16. The lowest BCUT2D eigenvalue weighted by atomic mass is 10.1. The van der Waals surface area contributed by atoms with E-state index in [1.807, 2.05) is 6.92 Å². The fraction of sp³-hybridized carbons (Fsp3) is 0.600. The fourth-order valence-corrected chi connectivity index (χ4v) is 1.14. The highest BCUT2D eigenvalue weighted by molar-refractivity contribution is 5.83. The Hall–Kier alpha value is -1.36. The predicted octanol–water partition coefficient (Wildman–Crippen LogP) is 0.679. The van der Waals surface area contributed by atoms with Crippen molar-refractivity contribution in [3.05, 3.63) is 17.0 Å². The minimum absolute atomic E-state index is 0.323. The molecule has 15 heavy (non-hydrogen) atoms. The Bertz CT molecular complexity index is 344. The maximum absolute atomic E-state index is 11.4. The largest absolute Gasteiger partial charge is 0.381 e. The van der Waals surface area contributed by atoms with Gasteiger partial charge in [-0.1, -0.05) is 5.16 Å². The van der Waals surface area contributed by atoms with Crippen molar-refractivity contribution in [2.75, 3.05) is 0 Å². The van der Waals surface area contributed by atoms with Gasteiger partial charge in [-0.15, -0.1) is 0 Å². The van der Waals surface area contributed by atoms with Crippen LogP contribution in [0.25, 0.3) is 0 Å². The number of amides is 1. The molecule has 0 aromatic carbocycles. The summed E-state index contributed by atoms with van der Waals surface area (Å²) in [6.07, 6.45) is 0. The number of nitrogens with one attached hydrogen (secondary N) is 1. The molecule has 2 N–H and O–H groups in total. The third-order valence-corrected chi connectivity index (χ3v) is 2.16. The van der Waals surface area contributed by atoms with Crippen LogP contribution < -0.4 is 5.32 Å². The van der Waals surface area contributed by atoms with E-state index in [1.165, 1.54) is 13.8 Å². The zero-order valence-electron chi connectivity index (χ0n) is 9.42. The van der Waals surface area contributed by atoms with Gasteiger partial charge in [0.25, 0.3) is 5.91 Å². The van der Waals surface area contributed by atoms with Crippen LogP contribution in [0.4, 0.5) is 0 Å². The Morgan fingerprint density at radius 3 is 2.53 bits per heavy atom. The van der Waals surface area contributed by atoms with Crippen molar-refractivity contribution in [1.29, 1.82) is 0 Å². The summed E-state index contributed by atoms with van der Waals surface area (Å²) < 4.78 is 4.95. The Balaban J connectivity index is 2.62. The van der Waals surface area contributed by atoms with Gasteiger partial charge < -0.3 is 14.9 Å². The van der Waals surface area contributed by atoms with E-state index in [2.05, 4.69) is 10.5 Å². The van der Waals surface area contributed by atoms with E-state index in [1.54, 1.807) is 6.92 Å². The SMILES string of the molecule is Cc1noc(C)c1CNC(=O)C(C)(C)O. The summed E-state index contributed by atoms with van der Waals surface area (Å²) >= 11 is 0. The number of hydrogen-bond acceptors (Lipinski definition) is 4. The number of rotatable bonds is 3. The number of nitrogens with zero attached hydrogens (tertiary/aromatic N) is 1. The molecule has 5 nitrogen and oxygen atoms in total. The Kier molecular flexibility index (Phi) is 3.14. The first kappa shape index (κ1) is 11.7. The zero-order valence-corrected chi connectivity index (χ0v) is 9.42. The van der Waals surface area contributed by atoms with E-state index in [9.17, 15) is 9.90 Å². The van der Waals surface area contributed by atoms with Crippen molar-refractivity contribution in [3.8, 4) is 0 Å². The summed E-state index contributed by atoms with van der Waals surface area (Å²) in [6, 6.07) is 0. The molecule has 0 fully saturated rings. The molecule has 1 aromatic heterocycles. The van der Waals surface area contributed by atoms with E-state index in [4.69, 9.17) is 4.52 Å². The number of carbonyl (C=O) groups is 1. The molecule has 0 aliphatic rings. The highest BCUT2D eigenvalue weighted by Crippen LogP contribution is 2.12. The quantitative estimate of drug-likeness (QED) is 0.772. The normalized spacial score (nSPS) is 11.5. The average molecular weight is 212 g/mol. The minimum atomic E-state index is -1.36. The van der Waals surface area contributed by atoms with Gasteiger partial charge in [0.2, 0.25) is 0 Å². The van der Waals surface area contributed by atoms with Crippen molar-refractivity contribution in [2.45, 2.75) is 39.8 Å². The molecule has 0 saturated heterocycles. The number of aromatic nitrogens is 1. The monoisotopic (exact) mass is 212 g/mol. The lowest BCUT2D eigenvalue weighted by molar-refractivity contribution is -0.136. The highest BCUT2D eigenvalue weighted by Gasteiger charge is 2.23. The summed E-state index contributed by atoms with van der Waals surface area (Å²) in [5.74, 6) is 0.269. The molecule has 0 aliphatic heterocycles. The van der Waals surface area contributed by atoms with Gasteiger partial charge in [-0.3, -0.25) is 4.79 Å². The summed E-state index contributed by atoms with van der Waals surface area (Å²) in [5.41, 5.74) is 0.245. The Morgan fingerprint density at radius 2 is 2.13 bits per heavy atom. The summed E-state index contributed by atoms with van der Waals surface area (Å²) in [4.78, 5) is 11.4. The van der Waals surface area contributed by atoms with Gasteiger partial charge in [0.15, 0.2) is 0 Å². The number of aliphatic hydroxyl groups is 1. The van der Waals surface area contributed by atoms with E-state index in [0.29, 0.717) is 12.3 Å². The van der Waals surface area contributed by atoms with Gasteiger partial charge in [-0.25, -0.2) is 0 Å². The molecule has 1 amide bonds. The molecule has 0 aliphatic carbocycles. The molecule has 84 valence electrons. The first-order valence-corrected chi connectivity index (χ1v) is 4.75. The van der Waals surface area contributed by atoms with E-state index < -0.39 is 11.5 Å². The van der Waals surface area contributed by atoms with Gasteiger partial charge in [0.1, 0.15) is 11.4 Å². The summed E-state index contributed by atoms with van der Waals surface area (Å²) in [5, 5.41) is 15.8. The second-order valence-electron chi connectivity index (χ2n) is 4.04. The molecule has 1 heterocycles. The van der Waals surface area contributed by atoms with Crippen molar-refractivity contribution in [1.82, 2.24) is 10.5 Å². The molecular formula is C10H16N2O3. The van der Waals surface area contributed by atoms with Crippen molar-refractivity contribution < 1.29 is 14.4 Å². The molecule has 0 unspecified atom stereocenters. The second-order valence-corrected chi connectivity index (χ2v) is 4.04. The van der Waals surface area contributed by atoms with Crippen LogP contribution in [0.2, 0.25) is 0 Å². The number of aryl methyl sites for hydroxylation is 2. The standard InChI is InChI=1S/C10H16N2O3/c1-6-8(7(2)15-12-6)5-11-9(13)10(3,4)14/h14H,5H2,1-4H3,(H,11,13). The first-order valence-electron chi connectivity index (χ1n) is 4.75. The van der Waals surface area contributed by atoms with Crippen LogP contribution >= 0.6 is 0 Å². The van der Waals surface area contributed by atoms with Crippen molar-refractivity contribution in [2.24, 2.45) is 0 Å². The molecular weight excluding hydrogens is 196 g/mol. The molecule has 0 spiro atoms. The average Bonchev–Trinajstić information content (AvgIpc) is 2.41. The molecule has 0 saturated carbocycles. The molecule has 1 aromatic rings. The van der Waals surface area contributed by atoms with Crippen molar-refractivity contribution in [3.63, 3.8) is 0 Å². The van der Waals surface area contributed by atoms with Gasteiger partial charge in [0, 0.05) is 12.1 Å². The van der Waals surface area contributed by atoms with Crippen LogP contribution in [-0.2, 0) is 11.3 Å². The maximum Gasteiger partial charge on any atom is 0.251 e. The number of carbonyl (C=O) groups excluding carboxylic acids is 1. The van der Waals surface area contributed by atoms with E-state index >= 15 is 0 Å². The van der Waals surface area contributed by atoms with Gasteiger partial charge in [-0.05, 0) is 27.7 Å². The van der Waals surface area contributed by atoms with Crippen LogP contribution in [0, 0.1) is 13.8 Å². The van der Waals surface area contributed by atoms with Gasteiger partial charge >= 0.3 is 0 Å². The zero-order chi connectivity index (χ0) is 11.6. The minimum Gasteiger partial charge on any atom is -0.381 e. The third kappa shape index (κ3) is 2.79. The Labute approximate surface area is 88.5 Å². The first-order chi connectivity index (χ1) is 6.82. The highest BCUT2D eigenvalue weighted by atomic mass is 16.5. The van der Waals surface area contributed by atoms with Gasteiger partial charge in [0.05, 0.1) is 5.69 Å². The van der Waals surface area contributed by atoms with Crippen LogP contribution in [-0.4, -0.2) is 21.8 Å². The van der Waals surface area contributed by atoms with Crippen LogP contribution in [0.3, 0.4) is 0 Å². The predicted molar refractivity (Wildman–Crippen MR) is 54.1 cm³/mol. The number of hydrogen-bond donors (Lipinski definition) is 2. The smallest absolute Gasteiger partial charge is 0.251 e. The molecule has 0 bridgehead atoms. The lowest BCUT2D eigenvalue weighted by Crippen LogP contribution is -2.41. The molecule has 0 radical (unpaired) electrons.